The van der Waals surface area contributed by atoms with Crippen molar-refractivity contribution >= 4 is 8.80 Å². The number of rotatable bonds is 15. The standard InChI is InChI=1S/C20H31F5O3Si/c1-4-26-29(27-5-2,28-6-3)14-12-10-8-7-9-11-13-15-16(21)18(23)20(25)19(24)17(15)22/h4-14H2,1-3H3. The van der Waals surface area contributed by atoms with Gasteiger partial charge in [-0.3, -0.25) is 0 Å². The molecule has 0 N–H and O–H groups in total. The Morgan fingerprint density at radius 2 is 0.931 bits per heavy atom. The molecule has 0 radical (unpaired) electrons. The van der Waals surface area contributed by atoms with Gasteiger partial charge < -0.3 is 13.3 Å². The average Bonchev–Trinajstić information content (AvgIpc) is 2.69. The molecule has 0 aliphatic rings. The van der Waals surface area contributed by atoms with E-state index in [0.29, 0.717) is 32.7 Å². The van der Waals surface area contributed by atoms with Crippen molar-refractivity contribution in [2.75, 3.05) is 19.8 Å². The van der Waals surface area contributed by atoms with Gasteiger partial charge in [0.2, 0.25) is 5.82 Å². The van der Waals surface area contributed by atoms with Gasteiger partial charge in [0.05, 0.1) is 0 Å². The molecule has 0 aliphatic heterocycles. The summed E-state index contributed by atoms with van der Waals surface area (Å²) in [5, 5.41) is 0. The zero-order valence-corrected chi connectivity index (χ0v) is 18.4. The minimum Gasteiger partial charge on any atom is -0.374 e. The second kappa shape index (κ2) is 13.3. The van der Waals surface area contributed by atoms with Crippen LogP contribution in [0.1, 0.15) is 64.9 Å². The molecule has 0 saturated carbocycles. The van der Waals surface area contributed by atoms with Crippen LogP contribution in [0.3, 0.4) is 0 Å². The van der Waals surface area contributed by atoms with Gasteiger partial charge in [0.1, 0.15) is 0 Å². The fraction of sp³-hybridized carbons (Fsp3) is 0.700. The number of halogens is 5. The van der Waals surface area contributed by atoms with Crippen LogP contribution in [-0.2, 0) is 19.7 Å². The number of hydrogen-bond acceptors (Lipinski definition) is 3. The third kappa shape index (κ3) is 7.62. The Labute approximate surface area is 170 Å². The smallest absolute Gasteiger partial charge is 0.374 e. The molecular formula is C20H31F5O3Si. The van der Waals surface area contributed by atoms with Gasteiger partial charge in [0.15, 0.2) is 23.3 Å². The van der Waals surface area contributed by atoms with Crippen LogP contribution < -0.4 is 0 Å². The van der Waals surface area contributed by atoms with Gasteiger partial charge in [-0.2, -0.15) is 0 Å². The van der Waals surface area contributed by atoms with Crippen LogP contribution in [0, 0.1) is 29.1 Å². The van der Waals surface area contributed by atoms with E-state index in [-0.39, 0.29) is 6.42 Å². The van der Waals surface area contributed by atoms with E-state index in [1.54, 1.807) is 0 Å². The minimum atomic E-state index is -2.63. The third-order valence-electron chi connectivity index (χ3n) is 4.55. The van der Waals surface area contributed by atoms with Crippen molar-refractivity contribution in [3.05, 3.63) is 34.6 Å². The predicted molar refractivity (Wildman–Crippen MR) is 103 cm³/mol. The maximum atomic E-state index is 13.6. The number of benzene rings is 1. The molecule has 0 unspecified atom stereocenters. The van der Waals surface area contributed by atoms with Crippen LogP contribution in [0.15, 0.2) is 0 Å². The van der Waals surface area contributed by atoms with Gasteiger partial charge in [-0.25, -0.2) is 22.0 Å². The number of unbranched alkanes of at least 4 members (excludes halogenated alkanes) is 5. The fourth-order valence-corrected chi connectivity index (χ4v) is 5.91. The lowest BCUT2D eigenvalue weighted by Crippen LogP contribution is -2.45. The molecule has 0 heterocycles. The summed E-state index contributed by atoms with van der Waals surface area (Å²) in [6.07, 6.45) is 4.32. The van der Waals surface area contributed by atoms with Crippen molar-refractivity contribution in [2.45, 2.75) is 71.8 Å². The van der Waals surface area contributed by atoms with E-state index in [2.05, 4.69) is 0 Å². The first kappa shape index (κ1) is 26.0. The van der Waals surface area contributed by atoms with Crippen molar-refractivity contribution in [3.8, 4) is 0 Å². The Morgan fingerprint density at radius 1 is 0.552 bits per heavy atom. The van der Waals surface area contributed by atoms with Crippen molar-refractivity contribution in [1.82, 2.24) is 0 Å². The molecule has 0 saturated heterocycles. The molecule has 168 valence electrons. The molecule has 3 nitrogen and oxygen atoms in total. The van der Waals surface area contributed by atoms with Gasteiger partial charge in [-0.15, -0.1) is 0 Å². The van der Waals surface area contributed by atoms with Gasteiger partial charge in [0.25, 0.3) is 0 Å². The van der Waals surface area contributed by atoms with Crippen LogP contribution >= 0.6 is 0 Å². The highest BCUT2D eigenvalue weighted by molar-refractivity contribution is 6.60. The molecule has 1 rings (SSSR count). The van der Waals surface area contributed by atoms with E-state index in [0.717, 1.165) is 31.7 Å². The van der Waals surface area contributed by atoms with Crippen molar-refractivity contribution in [2.24, 2.45) is 0 Å². The predicted octanol–water partition coefficient (Wildman–Crippen LogP) is 6.31. The summed E-state index contributed by atoms with van der Waals surface area (Å²) < 4.78 is 84.0. The summed E-state index contributed by atoms with van der Waals surface area (Å²) in [7, 11) is -2.63. The lowest BCUT2D eigenvalue weighted by Gasteiger charge is -2.28. The van der Waals surface area contributed by atoms with E-state index in [1.165, 1.54) is 0 Å². The van der Waals surface area contributed by atoms with Crippen molar-refractivity contribution in [1.29, 1.82) is 0 Å². The molecule has 0 atom stereocenters. The van der Waals surface area contributed by atoms with Gasteiger partial charge in [0, 0.05) is 31.4 Å². The van der Waals surface area contributed by atoms with E-state index < -0.39 is 43.5 Å². The highest BCUT2D eigenvalue weighted by Crippen LogP contribution is 2.25. The quantitative estimate of drug-likeness (QED) is 0.105. The Kier molecular flexibility index (Phi) is 11.9. The fourth-order valence-electron chi connectivity index (χ4n) is 3.22. The summed E-state index contributed by atoms with van der Waals surface area (Å²) in [5.41, 5.74) is -0.734. The zero-order chi connectivity index (χ0) is 21.9. The molecule has 1 aromatic rings. The monoisotopic (exact) mass is 442 g/mol. The van der Waals surface area contributed by atoms with Gasteiger partial charge in [-0.1, -0.05) is 25.7 Å². The number of hydrogen-bond donors (Lipinski definition) is 0. The highest BCUT2D eigenvalue weighted by atomic mass is 28.4. The maximum absolute atomic E-state index is 13.6. The Morgan fingerprint density at radius 3 is 1.38 bits per heavy atom. The summed E-state index contributed by atoms with van der Waals surface area (Å²) in [5.74, 6) is -9.35. The van der Waals surface area contributed by atoms with Crippen LogP contribution in [0.2, 0.25) is 6.04 Å². The average molecular weight is 443 g/mol. The first-order chi connectivity index (χ1) is 13.8. The van der Waals surface area contributed by atoms with E-state index in [4.69, 9.17) is 13.3 Å². The van der Waals surface area contributed by atoms with Crippen LogP contribution in [-0.4, -0.2) is 28.6 Å². The summed E-state index contributed by atoms with van der Waals surface area (Å²) in [6.45, 7) is 7.32. The molecule has 0 aromatic heterocycles. The summed E-state index contributed by atoms with van der Waals surface area (Å²) in [6, 6.07) is 0.729. The first-order valence-electron chi connectivity index (χ1n) is 10.3. The maximum Gasteiger partial charge on any atom is 0.500 e. The lowest BCUT2D eigenvalue weighted by molar-refractivity contribution is 0.0706. The zero-order valence-electron chi connectivity index (χ0n) is 17.4. The molecular weight excluding hydrogens is 411 g/mol. The normalized spacial score (nSPS) is 12.0. The van der Waals surface area contributed by atoms with Crippen molar-refractivity contribution < 1.29 is 35.2 Å². The molecule has 1 aromatic carbocycles. The summed E-state index contributed by atoms with van der Waals surface area (Å²) in [4.78, 5) is 0. The molecule has 0 aliphatic carbocycles. The molecule has 0 spiro atoms. The lowest BCUT2D eigenvalue weighted by atomic mass is 10.0. The van der Waals surface area contributed by atoms with E-state index in [9.17, 15) is 22.0 Å². The van der Waals surface area contributed by atoms with E-state index >= 15 is 0 Å². The Balaban J connectivity index is 2.36. The van der Waals surface area contributed by atoms with Crippen LogP contribution in [0.25, 0.3) is 0 Å². The molecule has 29 heavy (non-hydrogen) atoms. The van der Waals surface area contributed by atoms with Gasteiger partial charge >= 0.3 is 8.80 Å². The summed E-state index contributed by atoms with van der Waals surface area (Å²) >= 11 is 0. The second-order valence-corrected chi connectivity index (χ2v) is 9.38. The van der Waals surface area contributed by atoms with Crippen LogP contribution in [0.4, 0.5) is 22.0 Å². The molecule has 0 amide bonds. The highest BCUT2D eigenvalue weighted by Gasteiger charge is 2.39. The second-order valence-electron chi connectivity index (χ2n) is 6.65. The molecule has 0 bridgehead atoms. The topological polar surface area (TPSA) is 27.7 Å². The van der Waals surface area contributed by atoms with Gasteiger partial charge in [-0.05, 0) is 40.0 Å². The largest absolute Gasteiger partial charge is 0.500 e. The van der Waals surface area contributed by atoms with Crippen LogP contribution in [0.5, 0.6) is 0 Å². The first-order valence-corrected chi connectivity index (χ1v) is 12.2. The Hall–Kier alpha value is -1.03. The SMILES string of the molecule is CCO[Si](CCCCCCCCc1c(F)c(F)c(F)c(F)c1F)(OCC)OCC. The minimum absolute atomic E-state index is 0.180. The van der Waals surface area contributed by atoms with E-state index in [1.807, 2.05) is 20.8 Å². The van der Waals surface area contributed by atoms with Crippen molar-refractivity contribution in [3.63, 3.8) is 0 Å². The molecule has 0 fully saturated rings. The third-order valence-corrected chi connectivity index (χ3v) is 7.70. The molecule has 9 heteroatoms. The Bertz CT molecular complexity index is 585.